The first kappa shape index (κ1) is 18.7. The summed E-state index contributed by atoms with van der Waals surface area (Å²) in [6.07, 6.45) is 7.49. The maximum atomic E-state index is 6.07. The van der Waals surface area contributed by atoms with Crippen LogP contribution in [0.3, 0.4) is 0 Å². The maximum absolute atomic E-state index is 6.07. The van der Waals surface area contributed by atoms with Gasteiger partial charge in [-0.2, -0.15) is 0 Å². The highest BCUT2D eigenvalue weighted by atomic mass is 16.5. The van der Waals surface area contributed by atoms with E-state index in [0.29, 0.717) is 24.2 Å². The minimum atomic E-state index is 0.306. The number of rotatable bonds is 6. The lowest BCUT2D eigenvalue weighted by Gasteiger charge is -2.35. The lowest BCUT2D eigenvalue weighted by atomic mass is 9.89. The predicted octanol–water partition coefficient (Wildman–Crippen LogP) is 3.77. The Bertz CT molecular complexity index is 511. The van der Waals surface area contributed by atoms with Crippen molar-refractivity contribution in [3.05, 3.63) is 29.8 Å². The van der Waals surface area contributed by atoms with Gasteiger partial charge in [-0.3, -0.25) is 0 Å². The normalized spacial score (nSPS) is 26.6. The van der Waals surface area contributed by atoms with Crippen LogP contribution in [0.4, 0.5) is 0 Å². The van der Waals surface area contributed by atoms with Crippen LogP contribution in [0, 0.1) is 0 Å². The Kier molecular flexibility index (Phi) is 6.74. The van der Waals surface area contributed by atoms with E-state index >= 15 is 0 Å². The summed E-state index contributed by atoms with van der Waals surface area (Å²) in [6, 6.07) is 10.4. The highest BCUT2D eigenvalue weighted by Crippen LogP contribution is 2.25. The highest BCUT2D eigenvalue weighted by Gasteiger charge is 2.24. The SMILES string of the molecule is C[C@H](N[C@@H]1CCC[C@H](N(C)C)C1)c1ccc(OC2CCOCC2)cc1. The van der Waals surface area contributed by atoms with Gasteiger partial charge in [0.15, 0.2) is 0 Å². The van der Waals surface area contributed by atoms with E-state index in [0.717, 1.165) is 31.8 Å². The third-order valence-corrected chi connectivity index (χ3v) is 5.71. The Morgan fingerprint density at radius 1 is 1.08 bits per heavy atom. The molecule has 1 aliphatic carbocycles. The Morgan fingerprint density at radius 2 is 1.80 bits per heavy atom. The van der Waals surface area contributed by atoms with E-state index in [1.807, 2.05) is 0 Å². The number of benzene rings is 1. The molecule has 4 nitrogen and oxygen atoms in total. The van der Waals surface area contributed by atoms with Gasteiger partial charge in [0.1, 0.15) is 11.9 Å². The van der Waals surface area contributed by atoms with Gasteiger partial charge in [-0.25, -0.2) is 0 Å². The summed E-state index contributed by atoms with van der Waals surface area (Å²) >= 11 is 0. The molecule has 1 aromatic carbocycles. The molecule has 0 amide bonds. The Balaban J connectivity index is 1.50. The van der Waals surface area contributed by atoms with Gasteiger partial charge in [-0.05, 0) is 58.0 Å². The summed E-state index contributed by atoms with van der Waals surface area (Å²) in [4.78, 5) is 2.38. The summed E-state index contributed by atoms with van der Waals surface area (Å²) in [5, 5.41) is 3.84. The van der Waals surface area contributed by atoms with Gasteiger partial charge in [0.05, 0.1) is 13.2 Å². The Hall–Kier alpha value is -1.10. The molecule has 0 unspecified atom stereocenters. The van der Waals surface area contributed by atoms with E-state index in [9.17, 15) is 0 Å². The van der Waals surface area contributed by atoms with Crippen molar-refractivity contribution >= 4 is 0 Å². The average Bonchev–Trinajstić information content (AvgIpc) is 2.63. The van der Waals surface area contributed by atoms with Gasteiger partial charge in [0, 0.05) is 31.0 Å². The van der Waals surface area contributed by atoms with Gasteiger partial charge in [-0.15, -0.1) is 0 Å². The molecule has 1 aliphatic heterocycles. The van der Waals surface area contributed by atoms with Crippen LogP contribution in [-0.4, -0.2) is 50.4 Å². The molecule has 1 aromatic rings. The molecule has 1 saturated heterocycles. The van der Waals surface area contributed by atoms with E-state index in [2.05, 4.69) is 55.5 Å². The molecule has 3 atom stereocenters. The zero-order valence-corrected chi connectivity index (χ0v) is 16.0. The maximum Gasteiger partial charge on any atom is 0.119 e. The standard InChI is InChI=1S/C21H34N2O2/c1-16(22-18-5-4-6-19(15-18)23(2)3)17-7-9-20(10-8-17)25-21-11-13-24-14-12-21/h7-10,16,18-19,21-22H,4-6,11-15H2,1-3H3/t16-,18+,19-/m0/s1. The first-order valence-electron chi connectivity index (χ1n) is 9.88. The van der Waals surface area contributed by atoms with Crippen LogP contribution in [0.2, 0.25) is 0 Å². The Morgan fingerprint density at radius 3 is 2.48 bits per heavy atom. The van der Waals surface area contributed by atoms with Crippen LogP contribution >= 0.6 is 0 Å². The van der Waals surface area contributed by atoms with Crippen LogP contribution in [0.15, 0.2) is 24.3 Å². The number of nitrogens with one attached hydrogen (secondary N) is 1. The summed E-state index contributed by atoms with van der Waals surface area (Å²) in [7, 11) is 4.40. The van der Waals surface area contributed by atoms with E-state index in [-0.39, 0.29) is 0 Å². The zero-order chi connectivity index (χ0) is 17.6. The average molecular weight is 347 g/mol. The monoisotopic (exact) mass is 346 g/mol. The smallest absolute Gasteiger partial charge is 0.119 e. The van der Waals surface area contributed by atoms with E-state index in [1.54, 1.807) is 0 Å². The number of hydrogen-bond acceptors (Lipinski definition) is 4. The molecule has 0 aromatic heterocycles. The minimum Gasteiger partial charge on any atom is -0.490 e. The molecule has 0 spiro atoms. The fourth-order valence-electron chi connectivity index (χ4n) is 4.06. The van der Waals surface area contributed by atoms with E-state index in [4.69, 9.17) is 9.47 Å². The largest absolute Gasteiger partial charge is 0.490 e. The zero-order valence-electron chi connectivity index (χ0n) is 16.0. The Labute approximate surface area is 152 Å². The summed E-state index contributed by atoms with van der Waals surface area (Å²) in [6.45, 7) is 3.91. The van der Waals surface area contributed by atoms with Gasteiger partial charge in [0.25, 0.3) is 0 Å². The predicted molar refractivity (Wildman–Crippen MR) is 102 cm³/mol. The van der Waals surface area contributed by atoms with Crippen molar-refractivity contribution in [1.29, 1.82) is 0 Å². The molecule has 0 bridgehead atoms. The molecule has 1 N–H and O–H groups in total. The summed E-state index contributed by atoms with van der Waals surface area (Å²) in [5.74, 6) is 0.980. The van der Waals surface area contributed by atoms with Crippen LogP contribution < -0.4 is 10.1 Å². The number of ether oxygens (including phenoxy) is 2. The van der Waals surface area contributed by atoms with Crippen molar-refractivity contribution in [2.45, 2.75) is 69.7 Å². The quantitative estimate of drug-likeness (QED) is 0.850. The molecular weight excluding hydrogens is 312 g/mol. The molecule has 3 rings (SSSR count). The number of hydrogen-bond donors (Lipinski definition) is 1. The molecule has 140 valence electrons. The van der Waals surface area contributed by atoms with Crippen LogP contribution in [0.5, 0.6) is 5.75 Å². The number of nitrogens with zero attached hydrogens (tertiary/aromatic N) is 1. The first-order chi connectivity index (χ1) is 12.1. The van der Waals surface area contributed by atoms with E-state index in [1.165, 1.54) is 31.2 Å². The van der Waals surface area contributed by atoms with Crippen molar-refractivity contribution in [2.24, 2.45) is 0 Å². The van der Waals surface area contributed by atoms with Gasteiger partial charge in [0.2, 0.25) is 0 Å². The van der Waals surface area contributed by atoms with Gasteiger partial charge >= 0.3 is 0 Å². The van der Waals surface area contributed by atoms with Crippen molar-refractivity contribution in [1.82, 2.24) is 10.2 Å². The molecule has 1 saturated carbocycles. The van der Waals surface area contributed by atoms with Gasteiger partial charge < -0.3 is 19.7 Å². The molecule has 4 heteroatoms. The van der Waals surface area contributed by atoms with Crippen molar-refractivity contribution in [2.75, 3.05) is 27.3 Å². The summed E-state index contributed by atoms with van der Waals surface area (Å²) < 4.78 is 11.5. The lowest BCUT2D eigenvalue weighted by molar-refractivity contribution is 0.0255. The summed E-state index contributed by atoms with van der Waals surface area (Å²) in [5.41, 5.74) is 1.34. The van der Waals surface area contributed by atoms with Crippen LogP contribution in [0.1, 0.15) is 57.1 Å². The first-order valence-corrected chi connectivity index (χ1v) is 9.88. The van der Waals surface area contributed by atoms with Gasteiger partial charge in [-0.1, -0.05) is 18.6 Å². The second-order valence-corrected chi connectivity index (χ2v) is 7.87. The fraction of sp³-hybridized carbons (Fsp3) is 0.714. The third-order valence-electron chi connectivity index (χ3n) is 5.71. The molecule has 1 heterocycles. The van der Waals surface area contributed by atoms with Crippen molar-refractivity contribution < 1.29 is 9.47 Å². The third kappa shape index (κ3) is 5.44. The van der Waals surface area contributed by atoms with Crippen molar-refractivity contribution in [3.63, 3.8) is 0 Å². The molecule has 0 radical (unpaired) electrons. The van der Waals surface area contributed by atoms with Crippen LogP contribution in [0.25, 0.3) is 0 Å². The second-order valence-electron chi connectivity index (χ2n) is 7.87. The highest BCUT2D eigenvalue weighted by molar-refractivity contribution is 5.29. The molecule has 2 aliphatic rings. The lowest BCUT2D eigenvalue weighted by Crippen LogP contribution is -2.42. The topological polar surface area (TPSA) is 33.7 Å². The molecule has 2 fully saturated rings. The second kappa shape index (κ2) is 9.02. The fourth-order valence-corrected chi connectivity index (χ4v) is 4.06. The molecular formula is C21H34N2O2. The van der Waals surface area contributed by atoms with E-state index < -0.39 is 0 Å². The van der Waals surface area contributed by atoms with Crippen LogP contribution in [-0.2, 0) is 4.74 Å². The molecule has 25 heavy (non-hydrogen) atoms. The van der Waals surface area contributed by atoms with Crippen molar-refractivity contribution in [3.8, 4) is 5.75 Å². The minimum absolute atomic E-state index is 0.306.